The molecule has 0 N–H and O–H groups in total. The second-order valence-electron chi connectivity index (χ2n) is 13.3. The van der Waals surface area contributed by atoms with Gasteiger partial charge in [-0.1, -0.05) is 86.9 Å². The van der Waals surface area contributed by atoms with Gasteiger partial charge in [0, 0.05) is 42.9 Å². The topological polar surface area (TPSA) is 140 Å². The van der Waals surface area contributed by atoms with E-state index in [-0.39, 0.29) is 0 Å². The summed E-state index contributed by atoms with van der Waals surface area (Å²) in [6, 6.07) is 7.61. The molecular weight excluding hydrogens is 656 g/mol. The van der Waals surface area contributed by atoms with E-state index in [1.165, 1.54) is 6.20 Å². The number of aryl methyl sites for hydroxylation is 3. The zero-order valence-electron chi connectivity index (χ0n) is 32.6. The summed E-state index contributed by atoms with van der Waals surface area (Å²) in [6.07, 6.45) is 14.0. The number of hydrogen-bond acceptors (Lipinski definition) is 10. The number of halogens is 1. The van der Waals surface area contributed by atoms with E-state index in [1.54, 1.807) is 30.9 Å². The minimum absolute atomic E-state index is 0.370. The molecule has 0 saturated heterocycles. The predicted molar refractivity (Wildman–Crippen MR) is 207 cm³/mol. The lowest BCUT2D eigenvalue weighted by atomic mass is 10.1. The molecule has 0 saturated carbocycles. The lowest BCUT2D eigenvalue weighted by molar-refractivity contribution is 0.807. The summed E-state index contributed by atoms with van der Waals surface area (Å²) < 4.78 is 0. The van der Waals surface area contributed by atoms with Crippen LogP contribution in [0.2, 0.25) is 5.15 Å². The van der Waals surface area contributed by atoms with Crippen LogP contribution >= 0.6 is 11.6 Å². The van der Waals surface area contributed by atoms with Crippen molar-refractivity contribution < 1.29 is 0 Å². The van der Waals surface area contributed by atoms with Gasteiger partial charge in [0.2, 0.25) is 0 Å². The van der Waals surface area contributed by atoms with E-state index in [9.17, 15) is 0 Å². The highest BCUT2D eigenvalue weighted by molar-refractivity contribution is 6.29. The highest BCUT2D eigenvalue weighted by Crippen LogP contribution is 2.14. The number of rotatable bonds is 5. The predicted octanol–water partition coefficient (Wildman–Crippen LogP) is 10.1. The summed E-state index contributed by atoms with van der Waals surface area (Å²) in [7, 11) is 0. The Morgan fingerprint density at radius 2 is 0.784 bits per heavy atom. The fourth-order valence-electron chi connectivity index (χ4n) is 3.54. The zero-order valence-corrected chi connectivity index (χ0v) is 33.3. The minimum Gasteiger partial charge on any atom is -0.258 e. The molecule has 0 aliphatic rings. The molecule has 0 spiro atoms. The van der Waals surface area contributed by atoms with Crippen LogP contribution in [0.1, 0.15) is 150 Å². The van der Waals surface area contributed by atoms with Crippen LogP contribution in [0.4, 0.5) is 0 Å². The maximum atomic E-state index is 8.41. The number of nitriles is 1. The van der Waals surface area contributed by atoms with Gasteiger partial charge in [0.15, 0.2) is 5.69 Å². The molecule has 0 aliphatic heterocycles. The maximum Gasteiger partial charge on any atom is 0.158 e. The van der Waals surface area contributed by atoms with Gasteiger partial charge in [0.1, 0.15) is 11.2 Å². The van der Waals surface area contributed by atoms with Crippen LogP contribution < -0.4 is 0 Å². The Balaban J connectivity index is 0.000000319. The minimum atomic E-state index is 0.370. The van der Waals surface area contributed by atoms with Crippen molar-refractivity contribution in [1.82, 2.24) is 44.9 Å². The van der Waals surface area contributed by atoms with E-state index in [1.807, 2.05) is 71.4 Å². The average molecular weight is 711 g/mol. The van der Waals surface area contributed by atoms with Crippen LogP contribution in [0.3, 0.4) is 0 Å². The van der Waals surface area contributed by atoms with E-state index in [0.717, 1.165) is 45.6 Å². The molecule has 0 fully saturated rings. The van der Waals surface area contributed by atoms with Gasteiger partial charge < -0.3 is 0 Å². The summed E-state index contributed by atoms with van der Waals surface area (Å²) >= 11 is 5.68. The first-order valence-electron chi connectivity index (χ1n) is 17.2. The number of nitrogens with zero attached hydrogens (tertiary/aromatic N) is 10. The molecule has 11 heteroatoms. The number of hydrogen-bond donors (Lipinski definition) is 0. The molecular formula is C40H55ClN10. The highest BCUT2D eigenvalue weighted by atomic mass is 35.5. The first-order valence-corrected chi connectivity index (χ1v) is 17.6. The van der Waals surface area contributed by atoms with Crippen molar-refractivity contribution in [2.45, 2.75) is 120 Å². The lowest BCUT2D eigenvalue weighted by Gasteiger charge is -2.02. The van der Waals surface area contributed by atoms with E-state index in [4.69, 9.17) is 16.9 Å². The summed E-state index contributed by atoms with van der Waals surface area (Å²) in [5.41, 5.74) is 8.45. The molecule has 0 atom stereocenters. The molecule has 0 radical (unpaired) electrons. The summed E-state index contributed by atoms with van der Waals surface area (Å²) in [5, 5.41) is 8.99. The Morgan fingerprint density at radius 3 is 1.00 bits per heavy atom. The zero-order chi connectivity index (χ0) is 38.5. The summed E-state index contributed by atoms with van der Waals surface area (Å²) in [4.78, 5) is 37.2. The third-order valence-electron chi connectivity index (χ3n) is 6.88. The van der Waals surface area contributed by atoms with Gasteiger partial charge in [0.25, 0.3) is 0 Å². The normalized spacial score (nSPS) is 10.2. The summed E-state index contributed by atoms with van der Waals surface area (Å²) in [5.74, 6) is 2.27. The number of aromatic nitrogens is 9. The van der Waals surface area contributed by atoms with E-state index in [2.05, 4.69) is 100 Å². The molecule has 0 bridgehead atoms. The molecule has 0 unspecified atom stereocenters. The largest absolute Gasteiger partial charge is 0.258 e. The van der Waals surface area contributed by atoms with Gasteiger partial charge in [-0.25, -0.2) is 9.97 Å². The maximum absolute atomic E-state index is 8.41. The fraction of sp³-hybridized carbons (Fsp3) is 0.450. The molecule has 5 aromatic rings. The Kier molecular flexibility index (Phi) is 20.5. The quantitative estimate of drug-likeness (QED) is 0.162. The van der Waals surface area contributed by atoms with Crippen molar-refractivity contribution in [1.29, 1.82) is 5.26 Å². The van der Waals surface area contributed by atoms with Gasteiger partial charge in [0.05, 0.1) is 52.3 Å². The van der Waals surface area contributed by atoms with Crippen LogP contribution in [0.15, 0.2) is 67.8 Å². The van der Waals surface area contributed by atoms with Crippen molar-refractivity contribution in [3.8, 4) is 6.07 Å². The van der Waals surface area contributed by atoms with Crippen molar-refractivity contribution in [3.05, 3.63) is 124 Å². The van der Waals surface area contributed by atoms with E-state index >= 15 is 0 Å². The first kappa shape index (κ1) is 44.3. The second-order valence-corrected chi connectivity index (χ2v) is 13.7. The van der Waals surface area contributed by atoms with Gasteiger partial charge in [-0.3, -0.25) is 34.9 Å². The van der Waals surface area contributed by atoms with Crippen LogP contribution in [0.5, 0.6) is 0 Å². The standard InChI is InChI=1S/C8H10ClN.C8H9N3.3C8H12N2/c1-6(2)7-4-3-5-8(9)10-7;1-6(2)8-5-10-7(3-9)4-11-8;3*1-6(2)8-5-9-7(3)4-10-8/h3-6H,1-2H3;4-6H,1-2H3;3*4-6H,1-3H3. The monoisotopic (exact) mass is 710 g/mol. The Labute approximate surface area is 310 Å². The van der Waals surface area contributed by atoms with Crippen molar-refractivity contribution in [2.75, 3.05) is 0 Å². The Hall–Kier alpha value is -4.75. The van der Waals surface area contributed by atoms with Gasteiger partial charge in [-0.2, -0.15) is 5.26 Å². The molecule has 5 rings (SSSR count). The van der Waals surface area contributed by atoms with Gasteiger partial charge >= 0.3 is 0 Å². The van der Waals surface area contributed by atoms with Crippen molar-refractivity contribution in [2.24, 2.45) is 0 Å². The molecule has 272 valence electrons. The Bertz CT molecular complexity index is 1580. The molecule has 0 amide bonds. The van der Waals surface area contributed by atoms with Crippen LogP contribution in [0.25, 0.3) is 0 Å². The van der Waals surface area contributed by atoms with Gasteiger partial charge in [-0.15, -0.1) is 0 Å². The first-order chi connectivity index (χ1) is 24.0. The molecule has 10 nitrogen and oxygen atoms in total. The van der Waals surface area contributed by atoms with Crippen molar-refractivity contribution >= 4 is 11.6 Å². The second kappa shape index (κ2) is 23.6. The molecule has 0 aliphatic carbocycles. The molecule has 51 heavy (non-hydrogen) atoms. The van der Waals surface area contributed by atoms with Gasteiger partial charge in [-0.05, 0) is 62.5 Å². The van der Waals surface area contributed by atoms with Crippen LogP contribution in [0, 0.1) is 32.1 Å². The van der Waals surface area contributed by atoms with Crippen molar-refractivity contribution in [3.63, 3.8) is 0 Å². The molecule has 5 aromatic heterocycles. The highest BCUT2D eigenvalue weighted by Gasteiger charge is 2.02. The van der Waals surface area contributed by atoms with Crippen LogP contribution in [-0.4, -0.2) is 44.9 Å². The SMILES string of the molecule is CC(C)c1cccc(Cl)n1.CC(C)c1cnc(C#N)cn1.Cc1cnc(C(C)C)cn1.Cc1cnc(C(C)C)cn1.Cc1cnc(C(C)C)cn1. The van der Waals surface area contributed by atoms with Crippen LogP contribution in [-0.2, 0) is 0 Å². The third kappa shape index (κ3) is 18.7. The van der Waals surface area contributed by atoms with E-state index < -0.39 is 0 Å². The average Bonchev–Trinajstić information content (AvgIpc) is 3.10. The molecule has 5 heterocycles. The molecule has 0 aromatic carbocycles. The number of pyridine rings is 1. The Morgan fingerprint density at radius 1 is 0.451 bits per heavy atom. The lowest BCUT2D eigenvalue weighted by Crippen LogP contribution is -1.94. The third-order valence-corrected chi connectivity index (χ3v) is 7.09. The van der Waals surface area contributed by atoms with E-state index in [0.29, 0.717) is 40.4 Å². The fourth-order valence-corrected chi connectivity index (χ4v) is 3.71. The summed E-state index contributed by atoms with van der Waals surface area (Å²) in [6.45, 7) is 26.8. The smallest absolute Gasteiger partial charge is 0.158 e.